The van der Waals surface area contributed by atoms with Crippen LogP contribution in [-0.2, 0) is 21.7 Å². The molecule has 13 aromatic rings. The van der Waals surface area contributed by atoms with Crippen molar-refractivity contribution in [1.82, 2.24) is 0 Å². The molecule has 4 nitrogen and oxygen atoms in total. The van der Waals surface area contributed by atoms with E-state index >= 15 is 0 Å². The predicted octanol–water partition coefficient (Wildman–Crippen LogP) is 23.7. The Morgan fingerprint density at radius 1 is 0.404 bits per heavy atom. The van der Waals surface area contributed by atoms with Crippen molar-refractivity contribution in [2.75, 3.05) is 14.6 Å². The minimum absolute atomic E-state index is 0.0117. The number of anilines is 8. The average molecular weight is 1220 g/mol. The molecule has 3 aliphatic rings. The highest BCUT2D eigenvalue weighted by Crippen LogP contribution is 2.56. The topological polar surface area (TPSA) is 22.9 Å². The van der Waals surface area contributed by atoms with Crippen LogP contribution in [0.15, 0.2) is 265 Å². The Labute approximate surface area is 555 Å². The summed E-state index contributed by atoms with van der Waals surface area (Å²) in [4.78, 5) is 7.79. The van der Waals surface area contributed by atoms with Crippen molar-refractivity contribution in [1.29, 1.82) is 0 Å². The number of hydrogen-bond donors (Lipinski definition) is 0. The van der Waals surface area contributed by atoms with E-state index < -0.39 is 0 Å². The molecule has 1 aliphatic carbocycles. The fraction of sp³-hybridized carbons (Fsp3) is 0.191. The summed E-state index contributed by atoms with van der Waals surface area (Å²) in [5.41, 5.74) is 31.4. The van der Waals surface area contributed by atoms with Crippen LogP contribution in [0.2, 0.25) is 0 Å². The standard InChI is InChI=1S/C89H80BN3O/c1-57-23-21-22-30-70(57)63-51-73-83-78(47-48-81-84(83)72-55-74-75(56-82(72)94-81)89(10,11)50-49-88(74,8)9)93(68-42-35-64(36-43-68)86(2,3)4)90-76-45-44-69(54-79(76)92(80(52-63)85(73)90)77-46-37-65(87(5,6)7)53-71(77)62-28-19-14-20-29-62)91(66-38-31-60(32-39-66)58-24-15-12-16-25-58)67-40-33-61(34-41-67)59-26-17-13-18-27-59/h12-48,51-56H,49-50H2,1-11H3. The van der Waals surface area contributed by atoms with Gasteiger partial charge in [-0.1, -0.05) is 233 Å². The Morgan fingerprint density at radius 3 is 1.53 bits per heavy atom. The summed E-state index contributed by atoms with van der Waals surface area (Å²) in [7, 11) is 0. The van der Waals surface area contributed by atoms with Crippen molar-refractivity contribution in [3.63, 3.8) is 0 Å². The maximum Gasteiger partial charge on any atom is 0.333 e. The van der Waals surface area contributed by atoms with Crippen LogP contribution in [-0.4, -0.2) is 6.85 Å². The molecule has 460 valence electrons. The predicted molar refractivity (Wildman–Crippen MR) is 401 cm³/mol. The van der Waals surface area contributed by atoms with E-state index in [1.165, 1.54) is 94.2 Å². The molecule has 0 fully saturated rings. The summed E-state index contributed by atoms with van der Waals surface area (Å²) in [6.45, 7) is 25.6. The maximum atomic E-state index is 7.27. The molecule has 0 radical (unpaired) electrons. The van der Waals surface area contributed by atoms with Crippen molar-refractivity contribution in [3.8, 4) is 55.6 Å². The van der Waals surface area contributed by atoms with E-state index in [2.05, 4.69) is 352 Å². The third-order valence-electron chi connectivity index (χ3n) is 21.0. The SMILES string of the molecule is Cc1ccccc1-c1cc2c3c(c1)N(c1ccc(C(C)(C)C)cc1-c1ccccc1)c1cc(N(c4ccc(-c5ccccc5)cc4)c4ccc(-c5ccccc5)cc4)ccc1B3N(c1ccc(C(C)(C)C)cc1)c1ccc3oc4cc5c(cc4c3c1-2)C(C)(C)CCC5(C)C. The van der Waals surface area contributed by atoms with E-state index in [4.69, 9.17) is 4.42 Å². The molecule has 1 aromatic heterocycles. The van der Waals surface area contributed by atoms with Gasteiger partial charge in [0.1, 0.15) is 11.2 Å². The van der Waals surface area contributed by atoms with Crippen molar-refractivity contribution in [3.05, 3.63) is 289 Å². The second kappa shape index (κ2) is 22.0. The van der Waals surface area contributed by atoms with Crippen LogP contribution in [0.5, 0.6) is 0 Å². The Kier molecular flexibility index (Phi) is 13.8. The van der Waals surface area contributed by atoms with Gasteiger partial charge in [-0.05, 0) is 222 Å². The summed E-state index contributed by atoms with van der Waals surface area (Å²) in [6.07, 6.45) is 2.25. The first-order chi connectivity index (χ1) is 45.3. The molecule has 0 saturated heterocycles. The molecule has 2 aliphatic heterocycles. The average Bonchev–Trinajstić information content (AvgIpc) is 1.01. The summed E-state index contributed by atoms with van der Waals surface area (Å²) in [5.74, 6) is 0. The van der Waals surface area contributed by atoms with E-state index in [0.717, 1.165) is 80.5 Å². The van der Waals surface area contributed by atoms with Gasteiger partial charge in [-0.15, -0.1) is 0 Å². The van der Waals surface area contributed by atoms with Gasteiger partial charge in [-0.25, -0.2) is 0 Å². The minimum Gasteiger partial charge on any atom is -0.456 e. The lowest BCUT2D eigenvalue weighted by atomic mass is 9.43. The first kappa shape index (κ1) is 59.0. The largest absolute Gasteiger partial charge is 0.456 e. The van der Waals surface area contributed by atoms with Gasteiger partial charge in [0.05, 0.1) is 5.69 Å². The van der Waals surface area contributed by atoms with Gasteiger partial charge in [0.25, 0.3) is 0 Å². The van der Waals surface area contributed by atoms with Gasteiger partial charge in [0, 0.05) is 61.7 Å². The smallest absolute Gasteiger partial charge is 0.333 e. The molecule has 0 bridgehead atoms. The lowest BCUT2D eigenvalue weighted by Crippen LogP contribution is -2.61. The molecule has 5 heteroatoms. The van der Waals surface area contributed by atoms with Gasteiger partial charge in [-0.2, -0.15) is 0 Å². The van der Waals surface area contributed by atoms with Crippen LogP contribution in [0.1, 0.15) is 110 Å². The zero-order valence-corrected chi connectivity index (χ0v) is 56.1. The van der Waals surface area contributed by atoms with Crippen LogP contribution < -0.4 is 25.5 Å². The summed E-state index contributed by atoms with van der Waals surface area (Å²) < 4.78 is 7.27. The molecular formula is C89H80BN3O. The summed E-state index contributed by atoms with van der Waals surface area (Å²) >= 11 is 0. The zero-order valence-electron chi connectivity index (χ0n) is 56.1. The second-order valence-corrected chi connectivity index (χ2v) is 30.0. The number of nitrogens with zero attached hydrogens (tertiary/aromatic N) is 3. The van der Waals surface area contributed by atoms with Crippen LogP contribution in [0.4, 0.5) is 45.5 Å². The Hall–Kier alpha value is -10.1. The van der Waals surface area contributed by atoms with Crippen LogP contribution in [0.25, 0.3) is 77.6 Å². The maximum absolute atomic E-state index is 7.27. The van der Waals surface area contributed by atoms with Gasteiger partial charge in [0.15, 0.2) is 0 Å². The highest BCUT2D eigenvalue weighted by atomic mass is 16.3. The van der Waals surface area contributed by atoms with Crippen molar-refractivity contribution < 1.29 is 4.42 Å². The molecule has 0 atom stereocenters. The van der Waals surface area contributed by atoms with Gasteiger partial charge in [-0.3, -0.25) is 0 Å². The normalized spacial score (nSPS) is 14.6. The van der Waals surface area contributed by atoms with E-state index in [0.29, 0.717) is 0 Å². The van der Waals surface area contributed by atoms with E-state index in [9.17, 15) is 0 Å². The molecule has 12 aromatic carbocycles. The van der Waals surface area contributed by atoms with E-state index in [1.807, 2.05) is 0 Å². The molecular weight excluding hydrogens is 1140 g/mol. The fourth-order valence-electron chi connectivity index (χ4n) is 15.6. The molecule has 0 saturated carbocycles. The molecule has 16 rings (SSSR count). The first-order valence-corrected chi connectivity index (χ1v) is 33.7. The number of fused-ring (bicyclic) bond motifs is 9. The number of rotatable bonds is 9. The van der Waals surface area contributed by atoms with Gasteiger partial charge < -0.3 is 19.0 Å². The Bertz CT molecular complexity index is 5010. The number of furan rings is 1. The van der Waals surface area contributed by atoms with E-state index in [1.54, 1.807) is 0 Å². The lowest BCUT2D eigenvalue weighted by molar-refractivity contribution is 0.332. The lowest BCUT2D eigenvalue weighted by Gasteiger charge is -2.47. The second-order valence-electron chi connectivity index (χ2n) is 30.0. The highest BCUT2D eigenvalue weighted by Gasteiger charge is 2.47. The van der Waals surface area contributed by atoms with Gasteiger partial charge >= 0.3 is 6.85 Å². The van der Waals surface area contributed by atoms with Crippen LogP contribution >= 0.6 is 0 Å². The molecule has 0 spiro atoms. The Balaban J connectivity index is 1.03. The van der Waals surface area contributed by atoms with E-state index in [-0.39, 0.29) is 28.5 Å². The Morgan fingerprint density at radius 2 is 0.936 bits per heavy atom. The molecule has 94 heavy (non-hydrogen) atoms. The summed E-state index contributed by atoms with van der Waals surface area (Å²) in [6, 6.07) is 98.4. The van der Waals surface area contributed by atoms with Crippen molar-refractivity contribution >= 4 is 85.2 Å². The monoisotopic (exact) mass is 1220 g/mol. The first-order valence-electron chi connectivity index (χ1n) is 33.7. The zero-order chi connectivity index (χ0) is 64.6. The highest BCUT2D eigenvalue weighted by molar-refractivity contribution is 6.93. The summed E-state index contributed by atoms with van der Waals surface area (Å²) in [5, 5.41) is 2.33. The molecule has 0 unspecified atom stereocenters. The number of benzene rings is 12. The quantitative estimate of drug-likeness (QED) is 0.134. The van der Waals surface area contributed by atoms with Crippen LogP contribution in [0, 0.1) is 6.92 Å². The van der Waals surface area contributed by atoms with Crippen LogP contribution in [0.3, 0.4) is 0 Å². The third kappa shape index (κ3) is 9.88. The molecule has 3 heterocycles. The van der Waals surface area contributed by atoms with Crippen molar-refractivity contribution in [2.24, 2.45) is 0 Å². The number of hydrogen-bond acceptors (Lipinski definition) is 4. The van der Waals surface area contributed by atoms with Gasteiger partial charge in [0.2, 0.25) is 0 Å². The third-order valence-corrected chi connectivity index (χ3v) is 21.0. The fourth-order valence-corrected chi connectivity index (χ4v) is 15.6. The molecule has 0 N–H and O–H groups in total. The minimum atomic E-state index is -0.273. The number of aryl methyl sites for hydroxylation is 1. The van der Waals surface area contributed by atoms with Crippen molar-refractivity contribution in [2.45, 2.75) is 111 Å². The molecule has 0 amide bonds.